The number of amides is 2. The number of urea groups is 1. The molecule has 6 heteroatoms. The number of likely N-dealkylation sites (tertiary alicyclic amines) is 1. The Bertz CT molecular complexity index is 745. The van der Waals surface area contributed by atoms with E-state index in [1.54, 1.807) is 6.92 Å². The highest BCUT2D eigenvalue weighted by Gasteiger charge is 2.56. The highest BCUT2D eigenvalue weighted by atomic mass is 16.5. The van der Waals surface area contributed by atoms with Gasteiger partial charge in [0, 0.05) is 25.4 Å². The number of fused-ring (bicyclic) bond motifs is 1. The third kappa shape index (κ3) is 2.79. The number of hydrogen-bond donors (Lipinski definition) is 1. The predicted octanol–water partition coefficient (Wildman–Crippen LogP) is 3.03. The monoisotopic (exact) mass is 340 g/mol. The van der Waals surface area contributed by atoms with Crippen molar-refractivity contribution in [3.8, 4) is 0 Å². The molecule has 2 aromatic rings. The van der Waals surface area contributed by atoms with E-state index < -0.39 is 0 Å². The number of nitrogens with one attached hydrogen (secondary N) is 1. The van der Waals surface area contributed by atoms with Gasteiger partial charge in [-0.3, -0.25) is 0 Å². The van der Waals surface area contributed by atoms with Crippen molar-refractivity contribution in [1.82, 2.24) is 20.4 Å². The van der Waals surface area contributed by atoms with Crippen LogP contribution in [0.5, 0.6) is 0 Å². The molecule has 0 spiro atoms. The molecule has 2 heterocycles. The lowest BCUT2D eigenvalue weighted by atomic mass is 9.62. The summed E-state index contributed by atoms with van der Waals surface area (Å²) in [4.78, 5) is 19.0. The average Bonchev–Trinajstić information content (AvgIpc) is 3.02. The van der Waals surface area contributed by atoms with Gasteiger partial charge in [-0.15, -0.1) is 0 Å². The van der Waals surface area contributed by atoms with Crippen LogP contribution in [0.3, 0.4) is 0 Å². The van der Waals surface area contributed by atoms with Crippen LogP contribution in [0.1, 0.15) is 43.0 Å². The number of nitrogens with zero attached hydrogens (tertiary/aromatic N) is 3. The molecule has 1 aliphatic heterocycles. The Morgan fingerprint density at radius 3 is 2.92 bits per heavy atom. The van der Waals surface area contributed by atoms with Crippen molar-refractivity contribution in [2.45, 2.75) is 44.6 Å². The number of aryl methyl sites for hydroxylation is 1. The summed E-state index contributed by atoms with van der Waals surface area (Å²) in [5.74, 6) is 1.76. The highest BCUT2D eigenvalue weighted by molar-refractivity contribution is 5.77. The molecular weight excluding hydrogens is 316 g/mol. The molecule has 2 fully saturated rings. The molecule has 2 amide bonds. The van der Waals surface area contributed by atoms with Gasteiger partial charge in [-0.05, 0) is 25.3 Å². The van der Waals surface area contributed by atoms with E-state index in [4.69, 9.17) is 4.52 Å². The second-order valence-corrected chi connectivity index (χ2v) is 7.06. The second-order valence-electron chi connectivity index (χ2n) is 7.06. The first-order valence-corrected chi connectivity index (χ1v) is 9.10. The molecule has 2 atom stereocenters. The van der Waals surface area contributed by atoms with Gasteiger partial charge in [-0.1, -0.05) is 48.3 Å². The summed E-state index contributed by atoms with van der Waals surface area (Å²) in [6, 6.07) is 10.5. The fraction of sp³-hybridized carbons (Fsp3) is 0.526. The summed E-state index contributed by atoms with van der Waals surface area (Å²) in [5, 5.41) is 6.80. The fourth-order valence-corrected chi connectivity index (χ4v) is 4.44. The van der Waals surface area contributed by atoms with Gasteiger partial charge in [-0.2, -0.15) is 4.98 Å². The van der Waals surface area contributed by atoms with Crippen LogP contribution >= 0.6 is 0 Å². The van der Waals surface area contributed by atoms with Crippen molar-refractivity contribution in [1.29, 1.82) is 0 Å². The number of carbonyl (C=O) groups excluding carboxylic acids is 1. The Kier molecular flexibility index (Phi) is 4.19. The standard InChI is InChI=1S/C19H24N4O2/c1-14-21-17(25-22-14)10-12-20-18(24)23-13-16-9-5-6-11-19(16,23)15-7-3-2-4-8-15/h2-4,7-8,16H,5-6,9-13H2,1H3,(H,20,24)/t16-,19+/m0/s1. The minimum Gasteiger partial charge on any atom is -0.339 e. The SMILES string of the molecule is Cc1noc(CCNC(=O)N2C[C@@H]3CCCC[C@@]32c2ccccc2)n1. The molecule has 0 radical (unpaired) electrons. The maximum atomic E-state index is 12.8. The highest BCUT2D eigenvalue weighted by Crippen LogP contribution is 2.53. The molecule has 0 unspecified atom stereocenters. The molecule has 1 aliphatic carbocycles. The van der Waals surface area contributed by atoms with E-state index in [1.807, 2.05) is 11.0 Å². The minimum atomic E-state index is -0.120. The molecule has 25 heavy (non-hydrogen) atoms. The van der Waals surface area contributed by atoms with E-state index in [-0.39, 0.29) is 11.6 Å². The summed E-state index contributed by atoms with van der Waals surface area (Å²) in [6.07, 6.45) is 5.27. The Hall–Kier alpha value is -2.37. The molecular formula is C19H24N4O2. The normalized spacial score (nSPS) is 25.2. The van der Waals surface area contributed by atoms with Gasteiger partial charge in [0.25, 0.3) is 0 Å². The van der Waals surface area contributed by atoms with E-state index in [2.05, 4.69) is 39.7 Å². The van der Waals surface area contributed by atoms with Gasteiger partial charge in [0.2, 0.25) is 5.89 Å². The lowest BCUT2D eigenvalue weighted by molar-refractivity contribution is -0.0792. The molecule has 4 rings (SSSR count). The van der Waals surface area contributed by atoms with Crippen LogP contribution in [-0.2, 0) is 12.0 Å². The molecule has 2 aliphatic rings. The number of carbonyl (C=O) groups is 1. The van der Waals surface area contributed by atoms with Crippen LogP contribution in [0.15, 0.2) is 34.9 Å². The van der Waals surface area contributed by atoms with Gasteiger partial charge in [0.05, 0.1) is 5.54 Å². The molecule has 1 aromatic heterocycles. The summed E-state index contributed by atoms with van der Waals surface area (Å²) in [6.45, 7) is 3.14. The first-order chi connectivity index (χ1) is 12.2. The molecule has 0 bridgehead atoms. The molecule has 1 saturated carbocycles. The lowest BCUT2D eigenvalue weighted by Crippen LogP contribution is -2.69. The average molecular weight is 340 g/mol. The Morgan fingerprint density at radius 2 is 2.20 bits per heavy atom. The van der Waals surface area contributed by atoms with Crippen LogP contribution in [0, 0.1) is 12.8 Å². The van der Waals surface area contributed by atoms with Crippen molar-refractivity contribution in [3.05, 3.63) is 47.6 Å². The molecule has 132 valence electrons. The topological polar surface area (TPSA) is 71.3 Å². The van der Waals surface area contributed by atoms with Crippen molar-refractivity contribution < 1.29 is 9.32 Å². The van der Waals surface area contributed by atoms with Gasteiger partial charge in [0.1, 0.15) is 0 Å². The quantitative estimate of drug-likeness (QED) is 0.929. The van der Waals surface area contributed by atoms with Crippen molar-refractivity contribution in [2.75, 3.05) is 13.1 Å². The number of hydrogen-bond acceptors (Lipinski definition) is 4. The number of aromatic nitrogens is 2. The van der Waals surface area contributed by atoms with E-state index in [1.165, 1.54) is 24.8 Å². The van der Waals surface area contributed by atoms with E-state index in [0.717, 1.165) is 13.0 Å². The molecule has 1 saturated heterocycles. The van der Waals surface area contributed by atoms with Crippen LogP contribution in [0.2, 0.25) is 0 Å². The van der Waals surface area contributed by atoms with E-state index in [9.17, 15) is 4.79 Å². The zero-order chi connectivity index (χ0) is 17.3. The first-order valence-electron chi connectivity index (χ1n) is 9.10. The van der Waals surface area contributed by atoms with E-state index >= 15 is 0 Å². The maximum Gasteiger partial charge on any atom is 0.318 e. The fourth-order valence-electron chi connectivity index (χ4n) is 4.44. The summed E-state index contributed by atoms with van der Waals surface area (Å²) in [7, 11) is 0. The summed E-state index contributed by atoms with van der Waals surface area (Å²) in [5.41, 5.74) is 1.15. The largest absolute Gasteiger partial charge is 0.339 e. The van der Waals surface area contributed by atoms with Crippen LogP contribution in [0.25, 0.3) is 0 Å². The van der Waals surface area contributed by atoms with E-state index in [0.29, 0.717) is 30.6 Å². The minimum absolute atomic E-state index is 0.0123. The summed E-state index contributed by atoms with van der Waals surface area (Å²) < 4.78 is 5.10. The predicted molar refractivity (Wildman–Crippen MR) is 92.9 cm³/mol. The van der Waals surface area contributed by atoms with Crippen molar-refractivity contribution >= 4 is 6.03 Å². The third-order valence-electron chi connectivity index (χ3n) is 5.62. The number of rotatable bonds is 4. The van der Waals surface area contributed by atoms with Gasteiger partial charge < -0.3 is 14.7 Å². The van der Waals surface area contributed by atoms with Crippen LogP contribution in [0.4, 0.5) is 4.79 Å². The zero-order valence-corrected chi connectivity index (χ0v) is 14.6. The number of benzene rings is 1. The van der Waals surface area contributed by atoms with Gasteiger partial charge >= 0.3 is 6.03 Å². The first kappa shape index (κ1) is 16.1. The molecule has 1 aromatic carbocycles. The van der Waals surface area contributed by atoms with Crippen molar-refractivity contribution in [3.63, 3.8) is 0 Å². The second kappa shape index (κ2) is 6.50. The van der Waals surface area contributed by atoms with Gasteiger partial charge in [0.15, 0.2) is 5.82 Å². The van der Waals surface area contributed by atoms with Crippen LogP contribution in [-0.4, -0.2) is 34.2 Å². The molecule has 1 N–H and O–H groups in total. The summed E-state index contributed by atoms with van der Waals surface area (Å²) >= 11 is 0. The lowest BCUT2D eigenvalue weighted by Gasteiger charge is -2.61. The maximum absolute atomic E-state index is 12.8. The van der Waals surface area contributed by atoms with Gasteiger partial charge in [-0.25, -0.2) is 4.79 Å². The Labute approximate surface area is 147 Å². The Balaban J connectivity index is 1.44. The Morgan fingerprint density at radius 1 is 1.36 bits per heavy atom. The van der Waals surface area contributed by atoms with Crippen LogP contribution < -0.4 is 5.32 Å². The third-order valence-corrected chi connectivity index (χ3v) is 5.62. The van der Waals surface area contributed by atoms with Crippen molar-refractivity contribution in [2.24, 2.45) is 5.92 Å². The zero-order valence-electron chi connectivity index (χ0n) is 14.6. The smallest absolute Gasteiger partial charge is 0.318 e. The molecule has 6 nitrogen and oxygen atoms in total.